The molecule has 0 radical (unpaired) electrons. The second-order valence-electron chi connectivity index (χ2n) is 5.76. The second kappa shape index (κ2) is 7.06. The number of anilines is 1. The molecule has 2 aromatic carbocycles. The van der Waals surface area contributed by atoms with Gasteiger partial charge in [-0.05, 0) is 29.8 Å². The van der Waals surface area contributed by atoms with Crippen molar-refractivity contribution in [3.05, 3.63) is 69.0 Å². The first-order valence-electron chi connectivity index (χ1n) is 7.65. The van der Waals surface area contributed by atoms with Crippen LogP contribution in [-0.4, -0.2) is 35.4 Å². The molecule has 25 heavy (non-hydrogen) atoms. The number of amides is 1. The molecule has 8 heteroatoms. The molecular formula is C17H15ClFN3O3. The Morgan fingerprint density at radius 3 is 2.68 bits per heavy atom. The van der Waals surface area contributed by atoms with Crippen molar-refractivity contribution in [1.82, 2.24) is 4.90 Å². The van der Waals surface area contributed by atoms with E-state index in [0.717, 1.165) is 0 Å². The highest BCUT2D eigenvalue weighted by atomic mass is 35.5. The van der Waals surface area contributed by atoms with E-state index in [1.165, 1.54) is 18.2 Å². The first-order valence-corrected chi connectivity index (χ1v) is 8.03. The summed E-state index contributed by atoms with van der Waals surface area (Å²) in [5.74, 6) is -0.514. The molecule has 0 saturated carbocycles. The largest absolute Gasteiger partial charge is 0.355 e. The van der Waals surface area contributed by atoms with Crippen LogP contribution in [0.15, 0.2) is 42.5 Å². The number of carbonyl (C=O) groups is 1. The summed E-state index contributed by atoms with van der Waals surface area (Å²) in [4.78, 5) is 26.4. The maximum absolute atomic E-state index is 13.3. The van der Waals surface area contributed by atoms with Crippen LogP contribution in [0.4, 0.5) is 15.8 Å². The normalized spacial score (nSPS) is 14.7. The molecule has 2 aromatic rings. The number of halogens is 2. The van der Waals surface area contributed by atoms with E-state index in [-0.39, 0.29) is 29.0 Å². The van der Waals surface area contributed by atoms with Crippen molar-refractivity contribution in [2.24, 2.45) is 0 Å². The SMILES string of the molecule is O=C1CN(c2ccc(Cl)cc2[N+](=O)[O-])CCN1Cc1cccc(F)c1. The second-order valence-corrected chi connectivity index (χ2v) is 6.19. The first-order chi connectivity index (χ1) is 11.9. The Morgan fingerprint density at radius 2 is 2.00 bits per heavy atom. The Kier molecular flexibility index (Phi) is 4.85. The molecule has 3 rings (SSSR count). The fourth-order valence-corrected chi connectivity index (χ4v) is 3.01. The molecule has 0 unspecified atom stereocenters. The van der Waals surface area contributed by atoms with Gasteiger partial charge in [0.2, 0.25) is 5.91 Å². The molecule has 0 aromatic heterocycles. The van der Waals surface area contributed by atoms with Gasteiger partial charge in [0.25, 0.3) is 5.69 Å². The molecule has 0 atom stereocenters. The van der Waals surface area contributed by atoms with E-state index in [0.29, 0.717) is 30.9 Å². The van der Waals surface area contributed by atoms with Gasteiger partial charge in [-0.15, -0.1) is 0 Å². The Morgan fingerprint density at radius 1 is 1.20 bits per heavy atom. The Balaban J connectivity index is 1.74. The van der Waals surface area contributed by atoms with Gasteiger partial charge in [-0.3, -0.25) is 14.9 Å². The van der Waals surface area contributed by atoms with Crippen molar-refractivity contribution >= 4 is 28.9 Å². The lowest BCUT2D eigenvalue weighted by atomic mass is 10.1. The maximum atomic E-state index is 13.3. The van der Waals surface area contributed by atoms with Gasteiger partial charge in [-0.25, -0.2) is 4.39 Å². The third kappa shape index (κ3) is 3.88. The fraction of sp³-hybridized carbons (Fsp3) is 0.235. The fourth-order valence-electron chi connectivity index (χ4n) is 2.85. The zero-order valence-electron chi connectivity index (χ0n) is 13.2. The van der Waals surface area contributed by atoms with Crippen molar-refractivity contribution in [1.29, 1.82) is 0 Å². The maximum Gasteiger partial charge on any atom is 0.294 e. The van der Waals surface area contributed by atoms with Crippen molar-refractivity contribution in [2.45, 2.75) is 6.54 Å². The van der Waals surface area contributed by atoms with E-state index in [9.17, 15) is 19.3 Å². The zero-order valence-corrected chi connectivity index (χ0v) is 13.9. The van der Waals surface area contributed by atoms with Crippen LogP contribution in [-0.2, 0) is 11.3 Å². The van der Waals surface area contributed by atoms with E-state index in [2.05, 4.69) is 0 Å². The summed E-state index contributed by atoms with van der Waals surface area (Å²) in [6.07, 6.45) is 0. The van der Waals surface area contributed by atoms with Crippen LogP contribution in [0.5, 0.6) is 0 Å². The van der Waals surface area contributed by atoms with Crippen LogP contribution in [0.2, 0.25) is 5.02 Å². The number of nitro groups is 1. The number of hydrogen-bond acceptors (Lipinski definition) is 4. The summed E-state index contributed by atoms with van der Waals surface area (Å²) in [6.45, 7) is 1.18. The van der Waals surface area contributed by atoms with E-state index in [1.54, 1.807) is 34.1 Å². The van der Waals surface area contributed by atoms with Gasteiger partial charge in [0.1, 0.15) is 11.5 Å². The van der Waals surface area contributed by atoms with Crippen LogP contribution >= 0.6 is 11.6 Å². The first kappa shape index (κ1) is 17.2. The lowest BCUT2D eigenvalue weighted by Crippen LogP contribution is -2.50. The number of rotatable bonds is 4. The van der Waals surface area contributed by atoms with Gasteiger partial charge in [0.05, 0.1) is 11.5 Å². The predicted molar refractivity (Wildman–Crippen MR) is 92.1 cm³/mol. The molecular weight excluding hydrogens is 349 g/mol. The van der Waals surface area contributed by atoms with Crippen LogP contribution in [0.1, 0.15) is 5.56 Å². The minimum Gasteiger partial charge on any atom is -0.355 e. The van der Waals surface area contributed by atoms with Gasteiger partial charge in [0.15, 0.2) is 0 Å². The molecule has 1 heterocycles. The Bertz CT molecular complexity index is 831. The number of carbonyl (C=O) groups excluding carboxylic acids is 1. The predicted octanol–water partition coefficient (Wildman–Crippen LogP) is 3.24. The highest BCUT2D eigenvalue weighted by Gasteiger charge is 2.28. The number of benzene rings is 2. The third-order valence-electron chi connectivity index (χ3n) is 4.06. The summed E-state index contributed by atoms with van der Waals surface area (Å²) in [5, 5.41) is 11.5. The number of nitrogens with zero attached hydrogens (tertiary/aromatic N) is 3. The summed E-state index contributed by atoms with van der Waals surface area (Å²) in [6, 6.07) is 10.5. The third-order valence-corrected chi connectivity index (χ3v) is 4.29. The van der Waals surface area contributed by atoms with Crippen molar-refractivity contribution in [3.63, 3.8) is 0 Å². The Labute approximate surface area is 148 Å². The molecule has 130 valence electrons. The topological polar surface area (TPSA) is 66.7 Å². The average Bonchev–Trinajstić information content (AvgIpc) is 2.57. The smallest absolute Gasteiger partial charge is 0.294 e. The van der Waals surface area contributed by atoms with E-state index < -0.39 is 4.92 Å². The van der Waals surface area contributed by atoms with Crippen molar-refractivity contribution < 1.29 is 14.1 Å². The lowest BCUT2D eigenvalue weighted by Gasteiger charge is -2.35. The van der Waals surface area contributed by atoms with Gasteiger partial charge in [0, 0.05) is 30.7 Å². The molecule has 1 aliphatic heterocycles. The van der Waals surface area contributed by atoms with Gasteiger partial charge < -0.3 is 9.80 Å². The van der Waals surface area contributed by atoms with Crippen molar-refractivity contribution in [2.75, 3.05) is 24.5 Å². The van der Waals surface area contributed by atoms with E-state index in [4.69, 9.17) is 11.6 Å². The number of piperazine rings is 1. The Hall–Kier alpha value is -2.67. The van der Waals surface area contributed by atoms with E-state index >= 15 is 0 Å². The monoisotopic (exact) mass is 363 g/mol. The minimum absolute atomic E-state index is 0.0256. The molecule has 1 aliphatic rings. The standard InChI is InChI=1S/C17H15ClFN3O3/c18-13-4-5-15(16(9-13)22(24)25)20-6-7-21(17(23)11-20)10-12-2-1-3-14(19)8-12/h1-5,8-9H,6-7,10-11H2. The summed E-state index contributed by atoms with van der Waals surface area (Å²) in [5.41, 5.74) is 0.950. The zero-order chi connectivity index (χ0) is 18.0. The van der Waals surface area contributed by atoms with Crippen LogP contribution in [0.25, 0.3) is 0 Å². The summed E-state index contributed by atoms with van der Waals surface area (Å²) in [7, 11) is 0. The minimum atomic E-state index is -0.509. The number of nitro benzene ring substituents is 1. The lowest BCUT2D eigenvalue weighted by molar-refractivity contribution is -0.384. The highest BCUT2D eigenvalue weighted by Crippen LogP contribution is 2.31. The molecule has 0 spiro atoms. The highest BCUT2D eigenvalue weighted by molar-refractivity contribution is 6.30. The van der Waals surface area contributed by atoms with Crippen LogP contribution < -0.4 is 4.90 Å². The quantitative estimate of drug-likeness (QED) is 0.618. The van der Waals surface area contributed by atoms with Gasteiger partial charge >= 0.3 is 0 Å². The van der Waals surface area contributed by atoms with Crippen molar-refractivity contribution in [3.8, 4) is 0 Å². The molecule has 0 aliphatic carbocycles. The van der Waals surface area contributed by atoms with E-state index in [1.807, 2.05) is 0 Å². The van der Waals surface area contributed by atoms with Gasteiger partial charge in [-0.1, -0.05) is 23.7 Å². The molecule has 0 N–H and O–H groups in total. The van der Waals surface area contributed by atoms with Crippen LogP contribution in [0.3, 0.4) is 0 Å². The molecule has 0 bridgehead atoms. The van der Waals surface area contributed by atoms with Gasteiger partial charge in [-0.2, -0.15) is 0 Å². The molecule has 6 nitrogen and oxygen atoms in total. The molecule has 1 fully saturated rings. The average molecular weight is 364 g/mol. The molecule has 1 saturated heterocycles. The summed E-state index contributed by atoms with van der Waals surface area (Å²) >= 11 is 5.83. The van der Waals surface area contributed by atoms with Crippen LogP contribution in [0, 0.1) is 15.9 Å². The summed E-state index contributed by atoms with van der Waals surface area (Å²) < 4.78 is 13.3. The number of hydrogen-bond donors (Lipinski definition) is 0. The molecule has 1 amide bonds.